The predicted molar refractivity (Wildman–Crippen MR) is 268 cm³/mol. The fourth-order valence-corrected chi connectivity index (χ4v) is 9.78. The van der Waals surface area contributed by atoms with Crippen LogP contribution in [0.2, 0.25) is 51.4 Å². The summed E-state index contributed by atoms with van der Waals surface area (Å²) in [5.74, 6) is -0.366. The average molecular weight is 947 g/mol. The van der Waals surface area contributed by atoms with Gasteiger partial charge in [0.25, 0.3) is 5.91 Å². The molecule has 3 N–H and O–H groups in total. The summed E-state index contributed by atoms with van der Waals surface area (Å²) in [4.78, 5) is 99.0. The van der Waals surface area contributed by atoms with E-state index in [9.17, 15) is 38.4 Å². The number of nitrogens with zero attached hydrogens (tertiary/aromatic N) is 4. The molecule has 14 nitrogen and oxygen atoms in total. The van der Waals surface area contributed by atoms with Crippen LogP contribution in [0, 0.1) is 0 Å². The van der Waals surface area contributed by atoms with E-state index in [4.69, 9.17) is 5.73 Å². The number of carbonyl (C=O) groups is 8. The minimum Gasteiger partial charge on any atom is -0.356 e. The number of allylic oxidation sites excluding steroid dienone is 1. The third-order valence-corrected chi connectivity index (χ3v) is 15.0. The number of amides is 7. The van der Waals surface area contributed by atoms with Crippen LogP contribution >= 0.6 is 0 Å². The second-order valence-corrected chi connectivity index (χ2v) is 31.1. The molecule has 0 spiro atoms. The van der Waals surface area contributed by atoms with Crippen LogP contribution < -0.4 is 11.1 Å². The number of nitrogens with two attached hydrogens (primary N) is 1. The van der Waals surface area contributed by atoms with Gasteiger partial charge in [0.15, 0.2) is 5.78 Å². The van der Waals surface area contributed by atoms with Crippen molar-refractivity contribution in [2.75, 3.05) is 52.4 Å². The van der Waals surface area contributed by atoms with Gasteiger partial charge < -0.3 is 16.0 Å². The summed E-state index contributed by atoms with van der Waals surface area (Å²) >= 11 is 0. The van der Waals surface area contributed by atoms with Crippen LogP contribution in [0.3, 0.4) is 0 Å². The smallest absolute Gasteiger partial charge is 0.252 e. The third-order valence-electron chi connectivity index (χ3n) is 11.3. The molecule has 16 heteroatoms. The normalized spacial score (nSPS) is 17.3. The summed E-state index contributed by atoms with van der Waals surface area (Å²) in [6, 6.07) is 2.57. The molecule has 4 heterocycles. The van der Waals surface area contributed by atoms with Crippen molar-refractivity contribution in [3.05, 3.63) is 25.3 Å². The van der Waals surface area contributed by atoms with Gasteiger partial charge in [-0.1, -0.05) is 90.2 Å². The van der Waals surface area contributed by atoms with Crippen LogP contribution in [-0.4, -0.2) is 135 Å². The minimum absolute atomic E-state index is 0.0185. The predicted octanol–water partition coefficient (Wildman–Crippen LogP) is 7.87. The van der Waals surface area contributed by atoms with Crippen LogP contribution in [-0.2, 0) is 38.4 Å². The van der Waals surface area contributed by atoms with Gasteiger partial charge in [0, 0.05) is 93.9 Å². The lowest BCUT2D eigenvalue weighted by Gasteiger charge is -2.26. The topological polar surface area (TPSA) is 188 Å². The first-order valence-electron chi connectivity index (χ1n) is 24.6. The summed E-state index contributed by atoms with van der Waals surface area (Å²) in [5.41, 5.74) is 5.36. The fourth-order valence-electron chi connectivity index (χ4n) is 7.30. The van der Waals surface area contributed by atoms with Crippen molar-refractivity contribution < 1.29 is 38.4 Å². The SMILES string of the molecule is C=CC(=O)N1CCCCCC1=O.C=CC(C)=O.C[Si](C)(C)CCCN.C[Si](C)(C)CCCN(CCC(=O)N1CCCCCC1=O)CCC(=O)N1CCCCCC1=O.O=C1CCCCCN1. The Kier molecular flexibility index (Phi) is 33.6. The molecule has 0 aromatic carbocycles. The van der Waals surface area contributed by atoms with Gasteiger partial charge in [-0.2, -0.15) is 0 Å². The number of ketones is 1. The lowest BCUT2D eigenvalue weighted by atomic mass is 10.2. The van der Waals surface area contributed by atoms with Gasteiger partial charge in [-0.05, 0) is 96.4 Å². The Morgan fingerprint density at radius 1 is 0.585 bits per heavy atom. The maximum atomic E-state index is 12.7. The largest absolute Gasteiger partial charge is 0.356 e. The molecule has 0 aromatic rings. The maximum Gasteiger partial charge on any atom is 0.252 e. The molecule has 372 valence electrons. The number of nitrogens with one attached hydrogen (secondary N) is 1. The highest BCUT2D eigenvalue weighted by atomic mass is 28.3. The zero-order valence-corrected chi connectivity index (χ0v) is 43.9. The summed E-state index contributed by atoms with van der Waals surface area (Å²) in [6.45, 7) is 27.5. The van der Waals surface area contributed by atoms with Crippen LogP contribution in [0.1, 0.15) is 135 Å². The first kappa shape index (κ1) is 61.4. The van der Waals surface area contributed by atoms with Gasteiger partial charge >= 0.3 is 0 Å². The highest BCUT2D eigenvalue weighted by molar-refractivity contribution is 6.76. The van der Waals surface area contributed by atoms with Gasteiger partial charge in [0.2, 0.25) is 35.4 Å². The molecule has 65 heavy (non-hydrogen) atoms. The zero-order chi connectivity index (χ0) is 49.3. The van der Waals surface area contributed by atoms with Crippen LogP contribution in [0.5, 0.6) is 0 Å². The fraction of sp³-hybridized carbons (Fsp3) is 0.755. The molecule has 0 aromatic heterocycles. The number of imide groups is 3. The van der Waals surface area contributed by atoms with Crippen LogP contribution in [0.4, 0.5) is 0 Å². The number of hydrogen-bond acceptors (Lipinski definition) is 10. The lowest BCUT2D eigenvalue weighted by Crippen LogP contribution is -2.41. The molecule has 4 rings (SSSR count). The van der Waals surface area contributed by atoms with Crippen LogP contribution in [0.25, 0.3) is 0 Å². The van der Waals surface area contributed by atoms with Crippen molar-refractivity contribution in [3.8, 4) is 0 Å². The van der Waals surface area contributed by atoms with Gasteiger partial charge in [-0.15, -0.1) is 0 Å². The standard InChI is InChI=1S/C24H43N3O4Si.C9H13NO2.C6H11NO.C6H17NSi.C4H6O/c1-32(2,3)20-10-15-25(18-13-23(30)26-16-8-4-6-11-21(26)28)19-14-24(31)27-17-9-5-7-12-22(27)29;1-2-8(11)10-7-5-3-4-6-9(10)12;8-6-4-2-1-3-5-7-6;1-8(2,3)6-4-5-7;1-3-4(2)5/h4-20H2,1-3H3;2H,1,3-7H2;1-5H2,(H,7,8);4-7H2,1-3H3;3H,1H2,2H3. The van der Waals surface area contributed by atoms with Gasteiger partial charge in [-0.3, -0.25) is 53.1 Å². The van der Waals surface area contributed by atoms with Crippen LogP contribution in [0.15, 0.2) is 25.3 Å². The van der Waals surface area contributed by atoms with Crippen molar-refractivity contribution in [2.24, 2.45) is 5.73 Å². The molecule has 0 unspecified atom stereocenters. The monoisotopic (exact) mass is 947 g/mol. The van der Waals surface area contributed by atoms with Gasteiger partial charge in [0.05, 0.1) is 0 Å². The van der Waals surface area contributed by atoms with Crippen molar-refractivity contribution >= 4 is 63.3 Å². The quantitative estimate of drug-likeness (QED) is 0.121. The van der Waals surface area contributed by atoms with E-state index in [1.807, 2.05) is 0 Å². The van der Waals surface area contributed by atoms with Gasteiger partial charge in [0.1, 0.15) is 0 Å². The van der Waals surface area contributed by atoms with Crippen molar-refractivity contribution in [1.29, 1.82) is 0 Å². The van der Waals surface area contributed by atoms with E-state index in [1.54, 1.807) is 0 Å². The second-order valence-electron chi connectivity index (χ2n) is 19.8. The third kappa shape index (κ3) is 32.7. The highest BCUT2D eigenvalue weighted by Crippen LogP contribution is 2.17. The van der Waals surface area contributed by atoms with E-state index in [1.165, 1.54) is 58.7 Å². The zero-order valence-electron chi connectivity index (χ0n) is 41.9. The Morgan fingerprint density at radius 3 is 1.38 bits per heavy atom. The Hall–Kier alpha value is -3.61. The molecular weight excluding hydrogens is 857 g/mol. The molecule has 0 aliphatic carbocycles. The Bertz CT molecular complexity index is 1440. The van der Waals surface area contributed by atoms with E-state index >= 15 is 0 Å². The first-order valence-corrected chi connectivity index (χ1v) is 32.0. The average Bonchev–Trinajstić information content (AvgIpc) is 3.81. The Balaban J connectivity index is 0.000000996. The molecule has 4 aliphatic rings. The molecule has 4 saturated heterocycles. The second kappa shape index (κ2) is 35.6. The Morgan fingerprint density at radius 2 is 0.985 bits per heavy atom. The van der Waals surface area contributed by atoms with E-state index < -0.39 is 16.1 Å². The summed E-state index contributed by atoms with van der Waals surface area (Å²) in [5, 5.41) is 2.81. The molecule has 4 aliphatic heterocycles. The molecule has 0 atom stereocenters. The molecule has 0 bridgehead atoms. The number of rotatable bonds is 15. The molecule has 0 saturated carbocycles. The van der Waals surface area contributed by atoms with E-state index in [0.717, 1.165) is 103 Å². The summed E-state index contributed by atoms with van der Waals surface area (Å²) < 4.78 is 0. The molecular formula is C49H90N6O8Si2. The number of carbonyl (C=O) groups excluding carboxylic acids is 8. The van der Waals surface area contributed by atoms with Crippen molar-refractivity contribution in [2.45, 2.75) is 187 Å². The minimum atomic E-state index is -1.16. The van der Waals surface area contributed by atoms with Crippen molar-refractivity contribution in [3.63, 3.8) is 0 Å². The summed E-state index contributed by atoms with van der Waals surface area (Å²) in [6.07, 6.45) is 19.3. The first-order chi connectivity index (χ1) is 30.6. The molecule has 0 radical (unpaired) electrons. The number of hydrogen-bond donors (Lipinski definition) is 2. The lowest BCUT2D eigenvalue weighted by molar-refractivity contribution is -0.145. The number of likely N-dealkylation sites (tertiary alicyclic amines) is 3. The molecule has 7 amide bonds. The maximum absolute atomic E-state index is 12.7. The van der Waals surface area contributed by atoms with E-state index in [0.29, 0.717) is 64.8 Å². The van der Waals surface area contributed by atoms with Crippen molar-refractivity contribution in [1.82, 2.24) is 24.9 Å². The summed E-state index contributed by atoms with van der Waals surface area (Å²) in [7, 11) is -1.92. The highest BCUT2D eigenvalue weighted by Gasteiger charge is 2.26. The van der Waals surface area contributed by atoms with E-state index in [2.05, 4.69) is 62.7 Å². The molecule has 4 fully saturated rings. The van der Waals surface area contributed by atoms with Gasteiger partial charge in [-0.25, -0.2) is 0 Å². The Labute approximate surface area is 395 Å². The van der Waals surface area contributed by atoms with E-state index in [-0.39, 0.29) is 47.1 Å².